The molecule has 1 atom stereocenters. The van der Waals surface area contributed by atoms with Gasteiger partial charge in [0.15, 0.2) is 0 Å². The first-order valence-electron chi connectivity index (χ1n) is 9.20. The van der Waals surface area contributed by atoms with Crippen LogP contribution in [0.5, 0.6) is 0 Å². The number of fused-ring (bicyclic) bond motifs is 1. The average molecular weight is 345 g/mol. The third kappa shape index (κ3) is 3.27. The van der Waals surface area contributed by atoms with Crippen molar-refractivity contribution in [2.24, 2.45) is 0 Å². The van der Waals surface area contributed by atoms with Gasteiger partial charge in [0.25, 0.3) is 5.91 Å². The monoisotopic (exact) mass is 345 g/mol. The second-order valence-electron chi connectivity index (χ2n) is 6.93. The van der Waals surface area contributed by atoms with Crippen LogP contribution in [0.15, 0.2) is 60.8 Å². The van der Waals surface area contributed by atoms with Gasteiger partial charge in [-0.15, -0.1) is 0 Å². The minimum absolute atomic E-state index is 0.0333. The van der Waals surface area contributed by atoms with Crippen molar-refractivity contribution in [3.8, 4) is 5.69 Å². The van der Waals surface area contributed by atoms with Crippen LogP contribution in [0.2, 0.25) is 0 Å². The van der Waals surface area contributed by atoms with Gasteiger partial charge in [-0.05, 0) is 55.9 Å². The Morgan fingerprint density at radius 2 is 1.81 bits per heavy atom. The van der Waals surface area contributed by atoms with Gasteiger partial charge in [-0.25, -0.2) is 4.68 Å². The quantitative estimate of drug-likeness (QED) is 0.733. The standard InChI is InChI=1S/C22H23N3O/c1-16-21(15-23-25(16)20-12-3-2-4-13-20)22(26)24-19-11-7-10-17-8-5-6-9-18(17)14-19/h2-6,8-9,12-13,15,19H,7,10-11,14H2,1H3,(H,24,26). The zero-order chi connectivity index (χ0) is 17.9. The van der Waals surface area contributed by atoms with Gasteiger partial charge in [0.05, 0.1) is 23.1 Å². The number of rotatable bonds is 3. The van der Waals surface area contributed by atoms with Gasteiger partial charge in [-0.2, -0.15) is 5.10 Å². The first-order chi connectivity index (χ1) is 12.7. The molecular formula is C22H23N3O. The van der Waals surface area contributed by atoms with E-state index in [0.717, 1.165) is 37.1 Å². The molecule has 0 bridgehead atoms. The van der Waals surface area contributed by atoms with E-state index in [0.29, 0.717) is 5.56 Å². The molecule has 3 aromatic rings. The van der Waals surface area contributed by atoms with Crippen molar-refractivity contribution in [1.82, 2.24) is 15.1 Å². The van der Waals surface area contributed by atoms with E-state index in [4.69, 9.17) is 0 Å². The lowest BCUT2D eigenvalue weighted by Crippen LogP contribution is -2.36. The van der Waals surface area contributed by atoms with Gasteiger partial charge in [0.2, 0.25) is 0 Å². The highest BCUT2D eigenvalue weighted by atomic mass is 16.1. The fraction of sp³-hybridized carbons (Fsp3) is 0.273. The molecule has 4 heteroatoms. The van der Waals surface area contributed by atoms with Gasteiger partial charge in [0, 0.05) is 6.04 Å². The van der Waals surface area contributed by atoms with Crippen LogP contribution in [0.3, 0.4) is 0 Å². The summed E-state index contributed by atoms with van der Waals surface area (Å²) < 4.78 is 1.82. The number of carbonyl (C=O) groups excluding carboxylic acids is 1. The van der Waals surface area contributed by atoms with Crippen LogP contribution in [0.1, 0.15) is 40.0 Å². The predicted octanol–water partition coefficient (Wildman–Crippen LogP) is 3.86. The van der Waals surface area contributed by atoms with Crippen molar-refractivity contribution in [2.75, 3.05) is 0 Å². The maximum atomic E-state index is 12.8. The van der Waals surface area contributed by atoms with E-state index in [1.807, 2.05) is 41.9 Å². The van der Waals surface area contributed by atoms with Crippen LogP contribution in [-0.4, -0.2) is 21.7 Å². The molecule has 1 aliphatic rings. The number of amides is 1. The number of nitrogens with zero attached hydrogens (tertiary/aromatic N) is 2. The summed E-state index contributed by atoms with van der Waals surface area (Å²) in [4.78, 5) is 12.8. The molecule has 4 nitrogen and oxygen atoms in total. The number of hydrogen-bond donors (Lipinski definition) is 1. The Labute approximate surface area is 153 Å². The number of aromatic nitrogens is 2. The lowest BCUT2D eigenvalue weighted by Gasteiger charge is -2.17. The summed E-state index contributed by atoms with van der Waals surface area (Å²) >= 11 is 0. The highest BCUT2D eigenvalue weighted by molar-refractivity contribution is 5.95. The summed E-state index contributed by atoms with van der Waals surface area (Å²) in [7, 11) is 0. The summed E-state index contributed by atoms with van der Waals surface area (Å²) in [6, 6.07) is 18.6. The molecule has 4 rings (SSSR count). The molecule has 1 heterocycles. The van der Waals surface area contributed by atoms with E-state index < -0.39 is 0 Å². The lowest BCUT2D eigenvalue weighted by atomic mass is 10.0. The van der Waals surface area contributed by atoms with Crippen molar-refractivity contribution in [2.45, 2.75) is 38.6 Å². The second kappa shape index (κ2) is 7.16. The summed E-state index contributed by atoms with van der Waals surface area (Å²) in [5.74, 6) is -0.0333. The lowest BCUT2D eigenvalue weighted by molar-refractivity contribution is 0.0934. The molecular weight excluding hydrogens is 322 g/mol. The molecule has 1 unspecified atom stereocenters. The van der Waals surface area contributed by atoms with Crippen molar-refractivity contribution in [3.05, 3.63) is 83.2 Å². The van der Waals surface area contributed by atoms with E-state index in [2.05, 4.69) is 34.7 Å². The Morgan fingerprint density at radius 1 is 1.08 bits per heavy atom. The van der Waals surface area contributed by atoms with Crippen LogP contribution < -0.4 is 5.32 Å². The minimum atomic E-state index is -0.0333. The van der Waals surface area contributed by atoms with Crippen molar-refractivity contribution in [1.29, 1.82) is 0 Å². The fourth-order valence-electron chi connectivity index (χ4n) is 3.76. The molecule has 2 aromatic carbocycles. The third-order valence-corrected chi connectivity index (χ3v) is 5.17. The molecule has 1 amide bonds. The van der Waals surface area contributed by atoms with Crippen molar-refractivity contribution in [3.63, 3.8) is 0 Å². The zero-order valence-corrected chi connectivity index (χ0v) is 15.0. The summed E-state index contributed by atoms with van der Waals surface area (Å²) in [5.41, 5.74) is 5.24. The Hall–Kier alpha value is -2.88. The highest BCUT2D eigenvalue weighted by Crippen LogP contribution is 2.21. The Kier molecular flexibility index (Phi) is 4.57. The van der Waals surface area contributed by atoms with Crippen molar-refractivity contribution < 1.29 is 4.79 Å². The van der Waals surface area contributed by atoms with Crippen LogP contribution >= 0.6 is 0 Å². The predicted molar refractivity (Wildman–Crippen MR) is 103 cm³/mol. The van der Waals surface area contributed by atoms with Crippen molar-refractivity contribution >= 4 is 5.91 Å². The number of aryl methyl sites for hydroxylation is 1. The van der Waals surface area contributed by atoms with Gasteiger partial charge in [0.1, 0.15) is 0 Å². The maximum absolute atomic E-state index is 12.8. The summed E-state index contributed by atoms with van der Waals surface area (Å²) in [6.07, 6.45) is 5.76. The molecule has 0 spiro atoms. The molecule has 26 heavy (non-hydrogen) atoms. The number of hydrogen-bond acceptors (Lipinski definition) is 2. The molecule has 0 aliphatic heterocycles. The van der Waals surface area contributed by atoms with E-state index in [1.165, 1.54) is 11.1 Å². The topological polar surface area (TPSA) is 46.9 Å². The molecule has 1 N–H and O–H groups in total. The Balaban J connectivity index is 1.51. The summed E-state index contributed by atoms with van der Waals surface area (Å²) in [5, 5.41) is 7.64. The smallest absolute Gasteiger partial charge is 0.254 e. The molecule has 0 fully saturated rings. The van der Waals surface area contributed by atoms with Gasteiger partial charge in [-0.1, -0.05) is 42.5 Å². The van der Waals surface area contributed by atoms with E-state index in [9.17, 15) is 4.79 Å². The number of para-hydroxylation sites is 1. The first kappa shape index (κ1) is 16.6. The highest BCUT2D eigenvalue weighted by Gasteiger charge is 2.21. The SMILES string of the molecule is Cc1c(C(=O)NC2CCCc3ccccc3C2)cnn1-c1ccccc1. The number of nitrogens with one attached hydrogen (secondary N) is 1. The number of carbonyl (C=O) groups is 1. The molecule has 1 aliphatic carbocycles. The fourth-order valence-corrected chi connectivity index (χ4v) is 3.76. The Morgan fingerprint density at radius 3 is 2.62 bits per heavy atom. The van der Waals surface area contributed by atoms with Crippen LogP contribution in [0.25, 0.3) is 5.69 Å². The molecule has 0 radical (unpaired) electrons. The number of benzene rings is 2. The van der Waals surface area contributed by atoms with E-state index in [-0.39, 0.29) is 11.9 Å². The average Bonchev–Trinajstić information content (AvgIpc) is 2.93. The van der Waals surface area contributed by atoms with Gasteiger partial charge >= 0.3 is 0 Å². The maximum Gasteiger partial charge on any atom is 0.254 e. The second-order valence-corrected chi connectivity index (χ2v) is 6.93. The third-order valence-electron chi connectivity index (χ3n) is 5.17. The first-order valence-corrected chi connectivity index (χ1v) is 9.20. The molecule has 0 saturated heterocycles. The van der Waals surface area contributed by atoms with Gasteiger partial charge in [-0.3, -0.25) is 4.79 Å². The van der Waals surface area contributed by atoms with E-state index in [1.54, 1.807) is 6.20 Å². The minimum Gasteiger partial charge on any atom is -0.349 e. The zero-order valence-electron chi connectivity index (χ0n) is 15.0. The normalized spacial score (nSPS) is 16.6. The molecule has 1 aromatic heterocycles. The van der Waals surface area contributed by atoms with Gasteiger partial charge < -0.3 is 5.32 Å². The molecule has 0 saturated carbocycles. The summed E-state index contributed by atoms with van der Waals surface area (Å²) in [6.45, 7) is 1.94. The van der Waals surface area contributed by atoms with Crippen LogP contribution in [0.4, 0.5) is 0 Å². The molecule has 132 valence electrons. The van der Waals surface area contributed by atoms with Crippen LogP contribution in [-0.2, 0) is 12.8 Å². The van der Waals surface area contributed by atoms with Crippen LogP contribution in [0, 0.1) is 6.92 Å². The Bertz CT molecular complexity index is 914. The largest absolute Gasteiger partial charge is 0.349 e. The van der Waals surface area contributed by atoms with E-state index >= 15 is 0 Å².